The van der Waals surface area contributed by atoms with E-state index in [4.69, 9.17) is 11.6 Å². The molecule has 0 atom stereocenters. The van der Waals surface area contributed by atoms with Crippen molar-refractivity contribution < 1.29 is 9.59 Å². The van der Waals surface area contributed by atoms with Crippen LogP contribution in [0.2, 0.25) is 5.02 Å². The first-order chi connectivity index (χ1) is 9.97. The molecule has 0 bridgehead atoms. The third-order valence-corrected chi connectivity index (χ3v) is 3.30. The summed E-state index contributed by atoms with van der Waals surface area (Å²) in [5.41, 5.74) is 2.91. The molecule has 0 unspecified atom stereocenters. The van der Waals surface area contributed by atoms with Crippen molar-refractivity contribution in [2.24, 2.45) is 0 Å². The molecule has 0 aliphatic carbocycles. The monoisotopic (exact) mass is 302 g/mol. The maximum absolute atomic E-state index is 11.9. The van der Waals surface area contributed by atoms with E-state index in [0.717, 1.165) is 11.1 Å². The van der Waals surface area contributed by atoms with E-state index in [0.29, 0.717) is 16.4 Å². The van der Waals surface area contributed by atoms with Crippen LogP contribution >= 0.6 is 11.6 Å². The van der Waals surface area contributed by atoms with Gasteiger partial charge in [-0.3, -0.25) is 9.59 Å². The van der Waals surface area contributed by atoms with Crippen LogP contribution in [0.1, 0.15) is 11.1 Å². The smallest absolute Gasteiger partial charge is 0.314 e. The van der Waals surface area contributed by atoms with Gasteiger partial charge in [0.2, 0.25) is 0 Å². The highest BCUT2D eigenvalue weighted by molar-refractivity contribution is 6.44. The summed E-state index contributed by atoms with van der Waals surface area (Å²) in [7, 11) is 0. The van der Waals surface area contributed by atoms with Crippen molar-refractivity contribution in [1.82, 2.24) is 0 Å². The molecule has 0 aromatic heterocycles. The van der Waals surface area contributed by atoms with Gasteiger partial charge in [-0.1, -0.05) is 35.9 Å². The third-order valence-electron chi connectivity index (χ3n) is 2.97. The normalized spacial score (nSPS) is 10.0. The van der Waals surface area contributed by atoms with Gasteiger partial charge in [-0.05, 0) is 43.2 Å². The quantitative estimate of drug-likeness (QED) is 0.834. The maximum Gasteiger partial charge on any atom is 0.314 e. The Balaban J connectivity index is 2.08. The summed E-state index contributed by atoms with van der Waals surface area (Å²) < 4.78 is 0. The molecule has 5 heteroatoms. The van der Waals surface area contributed by atoms with Crippen molar-refractivity contribution >= 4 is 34.8 Å². The zero-order valence-corrected chi connectivity index (χ0v) is 12.5. The maximum atomic E-state index is 11.9. The first kappa shape index (κ1) is 15.1. The van der Waals surface area contributed by atoms with E-state index in [9.17, 15) is 9.59 Å². The molecule has 0 aliphatic rings. The van der Waals surface area contributed by atoms with Crippen LogP contribution < -0.4 is 10.6 Å². The summed E-state index contributed by atoms with van der Waals surface area (Å²) in [5, 5.41) is 5.46. The van der Waals surface area contributed by atoms with Crippen LogP contribution in [0.3, 0.4) is 0 Å². The number of amides is 2. The first-order valence-corrected chi connectivity index (χ1v) is 6.79. The number of carbonyl (C=O) groups is 2. The summed E-state index contributed by atoms with van der Waals surface area (Å²) >= 11 is 5.93. The fourth-order valence-electron chi connectivity index (χ4n) is 1.79. The van der Waals surface area contributed by atoms with Gasteiger partial charge in [0.15, 0.2) is 0 Å². The fraction of sp³-hybridized carbons (Fsp3) is 0.125. The second-order valence-electron chi connectivity index (χ2n) is 4.71. The minimum absolute atomic E-state index is 0.380. The minimum Gasteiger partial charge on any atom is -0.318 e. The van der Waals surface area contributed by atoms with Crippen LogP contribution in [-0.2, 0) is 9.59 Å². The van der Waals surface area contributed by atoms with Gasteiger partial charge in [0.1, 0.15) is 0 Å². The Hall–Kier alpha value is -2.33. The Morgan fingerprint density at radius 1 is 0.905 bits per heavy atom. The SMILES string of the molecule is Cc1ccc(C)c(NC(=O)C(=O)Nc2ccccc2Cl)c1. The molecule has 0 fully saturated rings. The first-order valence-electron chi connectivity index (χ1n) is 6.41. The highest BCUT2D eigenvalue weighted by Crippen LogP contribution is 2.20. The molecule has 21 heavy (non-hydrogen) atoms. The fourth-order valence-corrected chi connectivity index (χ4v) is 1.97. The summed E-state index contributed by atoms with van der Waals surface area (Å²) in [6.45, 7) is 3.78. The predicted molar refractivity (Wildman–Crippen MR) is 84.6 cm³/mol. The van der Waals surface area contributed by atoms with Gasteiger partial charge >= 0.3 is 11.8 Å². The average molecular weight is 303 g/mol. The van der Waals surface area contributed by atoms with Crippen LogP contribution in [0, 0.1) is 13.8 Å². The van der Waals surface area contributed by atoms with Crippen LogP contribution in [0.25, 0.3) is 0 Å². The van der Waals surface area contributed by atoms with E-state index in [1.807, 2.05) is 32.0 Å². The second-order valence-corrected chi connectivity index (χ2v) is 5.11. The van der Waals surface area contributed by atoms with E-state index < -0.39 is 11.8 Å². The van der Waals surface area contributed by atoms with Gasteiger partial charge in [-0.25, -0.2) is 0 Å². The molecule has 0 saturated carbocycles. The molecule has 2 amide bonds. The number of anilines is 2. The van der Waals surface area contributed by atoms with Gasteiger partial charge in [0, 0.05) is 5.69 Å². The Bertz CT molecular complexity index is 698. The Kier molecular flexibility index (Phi) is 4.60. The number of benzene rings is 2. The van der Waals surface area contributed by atoms with Crippen LogP contribution in [0.4, 0.5) is 11.4 Å². The minimum atomic E-state index is -0.760. The molecule has 2 N–H and O–H groups in total. The lowest BCUT2D eigenvalue weighted by molar-refractivity contribution is -0.133. The van der Waals surface area contributed by atoms with E-state index in [1.54, 1.807) is 24.3 Å². The second kappa shape index (κ2) is 6.41. The summed E-state index contributed by atoms with van der Waals surface area (Å²) in [4.78, 5) is 23.8. The number of carbonyl (C=O) groups excluding carboxylic acids is 2. The zero-order chi connectivity index (χ0) is 15.4. The van der Waals surface area contributed by atoms with Gasteiger partial charge in [-0.2, -0.15) is 0 Å². The van der Waals surface area contributed by atoms with Crippen molar-refractivity contribution in [2.45, 2.75) is 13.8 Å². The standard InChI is InChI=1S/C16H15ClN2O2/c1-10-7-8-11(2)14(9-10)19-16(21)15(20)18-13-6-4-3-5-12(13)17/h3-9H,1-2H3,(H,18,20)(H,19,21). The molecule has 2 rings (SSSR count). The van der Waals surface area contributed by atoms with E-state index >= 15 is 0 Å². The Morgan fingerprint density at radius 2 is 1.52 bits per heavy atom. The molecule has 2 aromatic rings. The summed E-state index contributed by atoms with van der Waals surface area (Å²) in [6.07, 6.45) is 0. The predicted octanol–water partition coefficient (Wildman–Crippen LogP) is 3.53. The number of nitrogens with one attached hydrogen (secondary N) is 2. The highest BCUT2D eigenvalue weighted by atomic mass is 35.5. The molecule has 2 aromatic carbocycles. The van der Waals surface area contributed by atoms with Gasteiger partial charge in [-0.15, -0.1) is 0 Å². The molecular formula is C16H15ClN2O2. The molecule has 4 nitrogen and oxygen atoms in total. The number of rotatable bonds is 2. The number of aryl methyl sites for hydroxylation is 2. The highest BCUT2D eigenvalue weighted by Gasteiger charge is 2.16. The van der Waals surface area contributed by atoms with Crippen molar-refractivity contribution in [3.05, 3.63) is 58.6 Å². The number of hydrogen-bond donors (Lipinski definition) is 2. The lowest BCUT2D eigenvalue weighted by Crippen LogP contribution is -2.29. The Labute approximate surface area is 128 Å². The van der Waals surface area contributed by atoms with Crippen LogP contribution in [0.5, 0.6) is 0 Å². The van der Waals surface area contributed by atoms with Crippen molar-refractivity contribution in [3.63, 3.8) is 0 Å². The average Bonchev–Trinajstić information content (AvgIpc) is 2.45. The molecule has 0 radical (unpaired) electrons. The van der Waals surface area contributed by atoms with Crippen LogP contribution in [-0.4, -0.2) is 11.8 Å². The van der Waals surface area contributed by atoms with Gasteiger partial charge < -0.3 is 10.6 Å². The molecular weight excluding hydrogens is 288 g/mol. The molecule has 0 saturated heterocycles. The van der Waals surface area contributed by atoms with Crippen molar-refractivity contribution in [1.29, 1.82) is 0 Å². The lowest BCUT2D eigenvalue weighted by Gasteiger charge is -2.10. The molecule has 0 aliphatic heterocycles. The van der Waals surface area contributed by atoms with Crippen molar-refractivity contribution in [2.75, 3.05) is 10.6 Å². The van der Waals surface area contributed by atoms with E-state index in [-0.39, 0.29) is 0 Å². The molecule has 0 heterocycles. The summed E-state index contributed by atoms with van der Waals surface area (Å²) in [6, 6.07) is 12.4. The number of hydrogen-bond acceptors (Lipinski definition) is 2. The van der Waals surface area contributed by atoms with Crippen molar-refractivity contribution in [3.8, 4) is 0 Å². The Morgan fingerprint density at radius 3 is 2.19 bits per heavy atom. The number of para-hydroxylation sites is 1. The van der Waals surface area contributed by atoms with Crippen LogP contribution in [0.15, 0.2) is 42.5 Å². The zero-order valence-electron chi connectivity index (χ0n) is 11.7. The van der Waals surface area contributed by atoms with E-state index in [1.165, 1.54) is 0 Å². The van der Waals surface area contributed by atoms with Gasteiger partial charge in [0.25, 0.3) is 0 Å². The lowest BCUT2D eigenvalue weighted by atomic mass is 10.1. The van der Waals surface area contributed by atoms with Gasteiger partial charge in [0.05, 0.1) is 10.7 Å². The largest absolute Gasteiger partial charge is 0.318 e. The molecule has 0 spiro atoms. The summed E-state index contributed by atoms with van der Waals surface area (Å²) in [5.74, 6) is -1.49. The topological polar surface area (TPSA) is 58.2 Å². The van der Waals surface area contributed by atoms with E-state index in [2.05, 4.69) is 10.6 Å². The number of halogens is 1. The molecule has 108 valence electrons. The third kappa shape index (κ3) is 3.83.